The summed E-state index contributed by atoms with van der Waals surface area (Å²) in [5.74, 6) is 0.967. The Morgan fingerprint density at radius 3 is 2.53 bits per heavy atom. The smallest absolute Gasteiger partial charge is 0.315 e. The summed E-state index contributed by atoms with van der Waals surface area (Å²) in [6.45, 7) is 3.79. The van der Waals surface area contributed by atoms with Crippen molar-refractivity contribution in [1.29, 1.82) is 0 Å². The van der Waals surface area contributed by atoms with Crippen LogP contribution in [-0.4, -0.2) is 46.7 Å². The van der Waals surface area contributed by atoms with Gasteiger partial charge >= 0.3 is 6.01 Å². The topological polar surface area (TPSA) is 83.3 Å². The lowest BCUT2D eigenvalue weighted by Gasteiger charge is -2.31. The van der Waals surface area contributed by atoms with Crippen LogP contribution in [0.1, 0.15) is 48.9 Å². The first-order valence-corrected chi connectivity index (χ1v) is 12.5. The fourth-order valence-electron chi connectivity index (χ4n) is 4.94. The van der Waals surface area contributed by atoms with Gasteiger partial charge in [0.05, 0.1) is 10.6 Å². The standard InChI is InChI=1S/C26H30ClN5O2/c27-23-16-21(28-24(33)19-6-2-1-3-7-19)12-13-22(23)25-30-31-26(34-25)29-20-10-8-18(9-11-20)17-32-14-4-5-15-32/h1-3,6-7,12-13,16,18,20H,4-5,8-11,14-15,17H2,(H,28,33)(H,29,31). The van der Waals surface area contributed by atoms with E-state index in [0.29, 0.717) is 39.8 Å². The van der Waals surface area contributed by atoms with Gasteiger partial charge in [0.1, 0.15) is 0 Å². The average molecular weight is 480 g/mol. The Morgan fingerprint density at radius 1 is 1.03 bits per heavy atom. The number of carbonyl (C=O) groups is 1. The Bertz CT molecular complexity index is 1110. The van der Waals surface area contributed by atoms with Crippen LogP contribution in [0.2, 0.25) is 5.02 Å². The Morgan fingerprint density at radius 2 is 1.79 bits per heavy atom. The van der Waals surface area contributed by atoms with Crippen LogP contribution < -0.4 is 10.6 Å². The average Bonchev–Trinajstić information content (AvgIpc) is 3.53. The third-order valence-corrected chi connectivity index (χ3v) is 7.12. The molecule has 178 valence electrons. The molecule has 1 amide bonds. The van der Waals surface area contributed by atoms with Crippen LogP contribution in [0.4, 0.5) is 11.7 Å². The van der Waals surface area contributed by atoms with E-state index in [4.69, 9.17) is 16.0 Å². The van der Waals surface area contributed by atoms with E-state index in [1.807, 2.05) is 18.2 Å². The number of rotatable bonds is 7. The van der Waals surface area contributed by atoms with Gasteiger partial charge in [0.25, 0.3) is 11.8 Å². The molecule has 8 heteroatoms. The number of hydrogen-bond donors (Lipinski definition) is 2. The lowest BCUT2D eigenvalue weighted by Crippen LogP contribution is -2.32. The molecular weight excluding hydrogens is 450 g/mol. The van der Waals surface area contributed by atoms with Gasteiger partial charge < -0.3 is 20.0 Å². The van der Waals surface area contributed by atoms with Crippen molar-refractivity contribution in [2.75, 3.05) is 30.3 Å². The first kappa shape index (κ1) is 22.9. The van der Waals surface area contributed by atoms with E-state index >= 15 is 0 Å². The second kappa shape index (κ2) is 10.6. The van der Waals surface area contributed by atoms with Crippen LogP contribution >= 0.6 is 11.6 Å². The molecule has 1 saturated heterocycles. The zero-order chi connectivity index (χ0) is 23.3. The number of likely N-dealkylation sites (tertiary alicyclic amines) is 1. The third kappa shape index (κ3) is 5.59. The van der Waals surface area contributed by atoms with Crippen LogP contribution in [0.3, 0.4) is 0 Å². The predicted octanol–water partition coefficient (Wildman–Crippen LogP) is 5.71. The first-order chi connectivity index (χ1) is 16.6. The van der Waals surface area contributed by atoms with Crippen LogP contribution in [0.5, 0.6) is 0 Å². The van der Waals surface area contributed by atoms with Gasteiger partial charge in [-0.25, -0.2) is 0 Å². The minimum absolute atomic E-state index is 0.191. The van der Waals surface area contributed by atoms with Crippen molar-refractivity contribution in [3.8, 4) is 11.5 Å². The molecule has 1 aliphatic carbocycles. The maximum absolute atomic E-state index is 12.4. The first-order valence-electron chi connectivity index (χ1n) is 12.1. The largest absolute Gasteiger partial charge is 0.403 e. The van der Waals surface area contributed by atoms with E-state index in [1.54, 1.807) is 30.3 Å². The molecule has 1 saturated carbocycles. The van der Waals surface area contributed by atoms with Crippen molar-refractivity contribution in [1.82, 2.24) is 15.1 Å². The normalized spacial score (nSPS) is 20.9. The number of hydrogen-bond acceptors (Lipinski definition) is 6. The summed E-state index contributed by atoms with van der Waals surface area (Å²) in [6.07, 6.45) is 7.41. The van der Waals surface area contributed by atoms with Gasteiger partial charge in [-0.05, 0) is 87.9 Å². The van der Waals surface area contributed by atoms with Gasteiger partial charge in [0.2, 0.25) is 0 Å². The molecule has 0 atom stereocenters. The number of nitrogens with zero attached hydrogens (tertiary/aromatic N) is 3. The van der Waals surface area contributed by atoms with Crippen molar-refractivity contribution in [3.05, 3.63) is 59.1 Å². The number of benzene rings is 2. The molecular formula is C26H30ClN5O2. The molecule has 7 nitrogen and oxygen atoms in total. The molecule has 1 aliphatic heterocycles. The third-order valence-electron chi connectivity index (χ3n) is 6.81. The highest BCUT2D eigenvalue weighted by Crippen LogP contribution is 2.32. The van der Waals surface area contributed by atoms with Crippen molar-refractivity contribution < 1.29 is 9.21 Å². The SMILES string of the molecule is O=C(Nc1ccc(-c2nnc(NC3CCC(CN4CCCC4)CC3)o2)c(Cl)c1)c1ccccc1. The molecule has 2 fully saturated rings. The van der Waals surface area contributed by atoms with E-state index in [0.717, 1.165) is 18.8 Å². The molecule has 0 unspecified atom stereocenters. The molecule has 2 aliphatic rings. The summed E-state index contributed by atoms with van der Waals surface area (Å²) in [4.78, 5) is 15.0. The number of amides is 1. The fourth-order valence-corrected chi connectivity index (χ4v) is 5.21. The highest BCUT2D eigenvalue weighted by molar-refractivity contribution is 6.33. The highest BCUT2D eigenvalue weighted by atomic mass is 35.5. The Kier molecular flexibility index (Phi) is 7.11. The summed E-state index contributed by atoms with van der Waals surface area (Å²) < 4.78 is 5.86. The van der Waals surface area contributed by atoms with Crippen LogP contribution in [-0.2, 0) is 0 Å². The number of carbonyl (C=O) groups excluding carboxylic acids is 1. The van der Waals surface area contributed by atoms with E-state index in [1.165, 1.54) is 45.3 Å². The molecule has 2 heterocycles. The second-order valence-corrected chi connectivity index (χ2v) is 9.70. The summed E-state index contributed by atoms with van der Waals surface area (Å²) in [6, 6.07) is 15.1. The van der Waals surface area contributed by atoms with Crippen molar-refractivity contribution in [2.45, 2.75) is 44.6 Å². The zero-order valence-electron chi connectivity index (χ0n) is 19.2. The Hall–Kier alpha value is -2.90. The summed E-state index contributed by atoms with van der Waals surface area (Å²) in [5.41, 5.74) is 1.82. The summed E-state index contributed by atoms with van der Waals surface area (Å²) in [7, 11) is 0. The summed E-state index contributed by atoms with van der Waals surface area (Å²) in [5, 5.41) is 15.1. The quantitative estimate of drug-likeness (QED) is 0.451. The number of anilines is 2. The van der Waals surface area contributed by atoms with Gasteiger partial charge in [-0.1, -0.05) is 34.9 Å². The number of halogens is 1. The molecule has 0 radical (unpaired) electrons. The molecule has 2 N–H and O–H groups in total. The molecule has 2 aromatic carbocycles. The zero-order valence-corrected chi connectivity index (χ0v) is 19.9. The Balaban J connectivity index is 1.15. The maximum Gasteiger partial charge on any atom is 0.315 e. The monoisotopic (exact) mass is 479 g/mol. The molecule has 34 heavy (non-hydrogen) atoms. The van der Waals surface area contributed by atoms with E-state index in [9.17, 15) is 4.79 Å². The fraction of sp³-hybridized carbons (Fsp3) is 0.423. The van der Waals surface area contributed by atoms with Gasteiger partial charge in [-0.15, -0.1) is 5.10 Å². The van der Waals surface area contributed by atoms with Crippen LogP contribution in [0.25, 0.3) is 11.5 Å². The predicted molar refractivity (Wildman–Crippen MR) is 134 cm³/mol. The van der Waals surface area contributed by atoms with Gasteiger partial charge in [-0.3, -0.25) is 4.79 Å². The lowest BCUT2D eigenvalue weighted by molar-refractivity contribution is 0.102. The second-order valence-electron chi connectivity index (χ2n) is 9.30. The molecule has 0 spiro atoms. The maximum atomic E-state index is 12.4. The number of nitrogens with one attached hydrogen (secondary N) is 2. The van der Waals surface area contributed by atoms with E-state index < -0.39 is 0 Å². The van der Waals surface area contributed by atoms with Crippen molar-refractivity contribution in [3.63, 3.8) is 0 Å². The van der Waals surface area contributed by atoms with Crippen LogP contribution in [0, 0.1) is 5.92 Å². The Labute approximate surface area is 204 Å². The molecule has 3 aromatic rings. The van der Waals surface area contributed by atoms with E-state index in [-0.39, 0.29) is 5.91 Å². The molecule has 5 rings (SSSR count). The van der Waals surface area contributed by atoms with Crippen molar-refractivity contribution in [2.24, 2.45) is 5.92 Å². The highest BCUT2D eigenvalue weighted by Gasteiger charge is 2.25. The summed E-state index contributed by atoms with van der Waals surface area (Å²) >= 11 is 6.48. The minimum atomic E-state index is -0.191. The molecule has 1 aromatic heterocycles. The van der Waals surface area contributed by atoms with Gasteiger partial charge in [0, 0.05) is 23.8 Å². The lowest BCUT2D eigenvalue weighted by atomic mass is 9.86. The minimum Gasteiger partial charge on any atom is -0.403 e. The van der Waals surface area contributed by atoms with Gasteiger partial charge in [-0.2, -0.15) is 0 Å². The molecule has 0 bridgehead atoms. The van der Waals surface area contributed by atoms with Gasteiger partial charge in [0.15, 0.2) is 0 Å². The van der Waals surface area contributed by atoms with E-state index in [2.05, 4.69) is 25.7 Å². The van der Waals surface area contributed by atoms with Crippen LogP contribution in [0.15, 0.2) is 52.9 Å². The van der Waals surface area contributed by atoms with Crippen molar-refractivity contribution >= 4 is 29.2 Å². The number of aromatic nitrogens is 2.